The minimum Gasteiger partial charge on any atom is -0.478 e. The topological polar surface area (TPSA) is 122 Å². The highest BCUT2D eigenvalue weighted by Crippen LogP contribution is 2.28. The summed E-state index contributed by atoms with van der Waals surface area (Å²) in [5, 5.41) is 16.7. The van der Waals surface area contributed by atoms with E-state index in [2.05, 4.69) is 10.3 Å². The van der Waals surface area contributed by atoms with Crippen molar-refractivity contribution >= 4 is 29.8 Å². The molecule has 1 aliphatic rings. The lowest BCUT2D eigenvalue weighted by Crippen LogP contribution is -2.30. The van der Waals surface area contributed by atoms with Crippen LogP contribution in [0.5, 0.6) is 0 Å². The minimum atomic E-state index is -1.23. The second-order valence-electron chi connectivity index (χ2n) is 5.24. The molecule has 2 heterocycles. The lowest BCUT2D eigenvalue weighted by atomic mass is 10.1. The molecule has 0 radical (unpaired) electrons. The van der Waals surface area contributed by atoms with Gasteiger partial charge in [-0.05, 0) is 17.7 Å². The van der Waals surface area contributed by atoms with E-state index in [1.807, 2.05) is 0 Å². The fourth-order valence-electron chi connectivity index (χ4n) is 2.52. The monoisotopic (exact) mass is 328 g/mol. The van der Waals surface area contributed by atoms with Crippen LogP contribution in [0, 0.1) is 0 Å². The molecule has 1 saturated heterocycles. The molecule has 0 bridgehead atoms. The number of amides is 2. The Morgan fingerprint density at radius 2 is 1.96 bits per heavy atom. The maximum absolute atomic E-state index is 11.9. The van der Waals surface area contributed by atoms with E-state index in [-0.39, 0.29) is 36.3 Å². The number of benzene rings is 1. The summed E-state index contributed by atoms with van der Waals surface area (Å²) in [5.74, 6) is -2.08. The number of imide groups is 1. The van der Waals surface area contributed by atoms with E-state index in [4.69, 9.17) is 0 Å². The lowest BCUT2D eigenvalue weighted by Gasteiger charge is -2.17. The van der Waals surface area contributed by atoms with Gasteiger partial charge in [0.2, 0.25) is 11.8 Å². The molecule has 1 fully saturated rings. The number of carboxylic acid groups (broad SMARTS) is 1. The van der Waals surface area contributed by atoms with Crippen LogP contribution in [-0.2, 0) is 16.1 Å². The predicted octanol–water partition coefficient (Wildman–Crippen LogP) is 0.490. The van der Waals surface area contributed by atoms with E-state index in [1.165, 1.54) is 23.0 Å². The highest BCUT2D eigenvalue weighted by atomic mass is 16.4. The molecule has 0 saturated carbocycles. The van der Waals surface area contributed by atoms with Crippen molar-refractivity contribution in [1.29, 1.82) is 0 Å². The van der Waals surface area contributed by atoms with Crippen LogP contribution in [0.4, 0.5) is 5.69 Å². The molecule has 0 atom stereocenters. The molecule has 3 rings (SSSR count). The number of carboxylic acids is 1. The summed E-state index contributed by atoms with van der Waals surface area (Å²) in [6, 6.07) is 4.36. The molecule has 0 spiro atoms. The third kappa shape index (κ3) is 2.78. The summed E-state index contributed by atoms with van der Waals surface area (Å²) in [6.07, 6.45) is 2.12. The van der Waals surface area contributed by atoms with Crippen LogP contribution < -0.4 is 4.90 Å². The molecule has 1 aliphatic heterocycles. The van der Waals surface area contributed by atoms with Crippen LogP contribution in [0.25, 0.3) is 0 Å². The molecule has 2 aromatic rings. The van der Waals surface area contributed by atoms with E-state index in [0.29, 0.717) is 11.8 Å². The first-order valence-corrected chi connectivity index (χ1v) is 7.07. The standard InChI is InChI=1S/C15H12N4O5/c20-8-10-7-18(17-16-10)6-9-1-2-11(15(23)24)12(5-9)19-13(21)3-4-14(19)22/h1-2,5,7-8H,3-4,6H2,(H,23,24). The number of anilines is 1. The number of rotatable bonds is 5. The summed E-state index contributed by atoms with van der Waals surface area (Å²) in [7, 11) is 0. The van der Waals surface area contributed by atoms with Gasteiger partial charge in [-0.15, -0.1) is 5.10 Å². The Morgan fingerprint density at radius 1 is 1.25 bits per heavy atom. The van der Waals surface area contributed by atoms with Crippen LogP contribution in [0.15, 0.2) is 24.4 Å². The SMILES string of the molecule is O=Cc1cn(Cc2ccc(C(=O)O)c(N3C(=O)CCC3=O)c2)nn1. The second kappa shape index (κ2) is 6.03. The van der Waals surface area contributed by atoms with Gasteiger partial charge in [-0.25, -0.2) is 14.4 Å². The average Bonchev–Trinajstić information content (AvgIpc) is 3.13. The molecule has 1 N–H and O–H groups in total. The Kier molecular flexibility index (Phi) is 3.90. The van der Waals surface area contributed by atoms with Gasteiger partial charge in [0.15, 0.2) is 6.29 Å². The highest BCUT2D eigenvalue weighted by molar-refractivity contribution is 6.21. The smallest absolute Gasteiger partial charge is 0.337 e. The Hall–Kier alpha value is -3.36. The van der Waals surface area contributed by atoms with E-state index >= 15 is 0 Å². The number of hydrogen-bond acceptors (Lipinski definition) is 6. The molecule has 122 valence electrons. The molecular weight excluding hydrogens is 316 g/mol. The number of hydrogen-bond donors (Lipinski definition) is 1. The number of aldehydes is 1. The zero-order valence-corrected chi connectivity index (χ0v) is 12.4. The molecule has 1 aromatic heterocycles. The Labute approximate surface area is 135 Å². The highest BCUT2D eigenvalue weighted by Gasteiger charge is 2.33. The van der Waals surface area contributed by atoms with Crippen molar-refractivity contribution in [3.05, 3.63) is 41.2 Å². The van der Waals surface area contributed by atoms with Gasteiger partial charge in [-0.2, -0.15) is 0 Å². The van der Waals surface area contributed by atoms with Crippen molar-refractivity contribution in [3.8, 4) is 0 Å². The van der Waals surface area contributed by atoms with Crippen molar-refractivity contribution < 1.29 is 24.3 Å². The number of nitrogens with zero attached hydrogens (tertiary/aromatic N) is 4. The zero-order valence-electron chi connectivity index (χ0n) is 12.4. The lowest BCUT2D eigenvalue weighted by molar-refractivity contribution is -0.121. The normalized spacial score (nSPS) is 14.2. The quantitative estimate of drug-likeness (QED) is 0.626. The van der Waals surface area contributed by atoms with Crippen LogP contribution in [0.1, 0.15) is 39.3 Å². The molecular formula is C15H12N4O5. The molecule has 24 heavy (non-hydrogen) atoms. The summed E-state index contributed by atoms with van der Waals surface area (Å²) in [4.78, 5) is 46.8. The van der Waals surface area contributed by atoms with E-state index in [9.17, 15) is 24.3 Å². The van der Waals surface area contributed by atoms with Crippen LogP contribution in [0.2, 0.25) is 0 Å². The van der Waals surface area contributed by atoms with Crippen molar-refractivity contribution in [3.63, 3.8) is 0 Å². The number of carbonyl (C=O) groups is 4. The van der Waals surface area contributed by atoms with E-state index in [0.717, 1.165) is 4.90 Å². The Bertz CT molecular complexity index is 841. The molecule has 0 aliphatic carbocycles. The van der Waals surface area contributed by atoms with Gasteiger partial charge < -0.3 is 5.11 Å². The molecule has 9 heteroatoms. The van der Waals surface area contributed by atoms with Crippen molar-refractivity contribution in [2.45, 2.75) is 19.4 Å². The Balaban J connectivity index is 1.99. The number of aromatic nitrogens is 3. The molecule has 9 nitrogen and oxygen atoms in total. The van der Waals surface area contributed by atoms with Gasteiger partial charge in [-0.3, -0.25) is 14.4 Å². The maximum atomic E-state index is 11.9. The largest absolute Gasteiger partial charge is 0.478 e. The predicted molar refractivity (Wildman–Crippen MR) is 79.6 cm³/mol. The summed E-state index contributed by atoms with van der Waals surface area (Å²) in [6.45, 7) is 0.212. The van der Waals surface area contributed by atoms with Gasteiger partial charge in [0.25, 0.3) is 0 Å². The third-order valence-electron chi connectivity index (χ3n) is 3.61. The van der Waals surface area contributed by atoms with Gasteiger partial charge in [-0.1, -0.05) is 11.3 Å². The van der Waals surface area contributed by atoms with Gasteiger partial charge in [0, 0.05) is 12.8 Å². The first kappa shape index (κ1) is 15.5. The fourth-order valence-corrected chi connectivity index (χ4v) is 2.52. The number of carbonyl (C=O) groups excluding carboxylic acids is 3. The molecule has 0 unspecified atom stereocenters. The van der Waals surface area contributed by atoms with Gasteiger partial charge in [0.1, 0.15) is 5.69 Å². The second-order valence-corrected chi connectivity index (χ2v) is 5.24. The Morgan fingerprint density at radius 3 is 2.54 bits per heavy atom. The van der Waals surface area contributed by atoms with Crippen molar-refractivity contribution in [1.82, 2.24) is 15.0 Å². The fraction of sp³-hybridized carbons (Fsp3) is 0.200. The maximum Gasteiger partial charge on any atom is 0.337 e. The van der Waals surface area contributed by atoms with Crippen LogP contribution >= 0.6 is 0 Å². The van der Waals surface area contributed by atoms with Gasteiger partial charge in [0.05, 0.1) is 24.0 Å². The first-order chi connectivity index (χ1) is 11.5. The van der Waals surface area contributed by atoms with Crippen molar-refractivity contribution in [2.24, 2.45) is 0 Å². The minimum absolute atomic E-state index is 0.0447. The molecule has 1 aromatic carbocycles. The first-order valence-electron chi connectivity index (χ1n) is 7.07. The summed E-state index contributed by atoms with van der Waals surface area (Å²) < 4.78 is 1.40. The van der Waals surface area contributed by atoms with E-state index in [1.54, 1.807) is 6.07 Å². The van der Waals surface area contributed by atoms with Crippen molar-refractivity contribution in [2.75, 3.05) is 4.90 Å². The van der Waals surface area contributed by atoms with Gasteiger partial charge >= 0.3 is 5.97 Å². The van der Waals surface area contributed by atoms with E-state index < -0.39 is 17.8 Å². The van der Waals surface area contributed by atoms with Crippen LogP contribution in [-0.4, -0.2) is 44.2 Å². The van der Waals surface area contributed by atoms with Crippen LogP contribution in [0.3, 0.4) is 0 Å². The number of aromatic carboxylic acids is 1. The zero-order chi connectivity index (χ0) is 17.3. The average molecular weight is 328 g/mol. The summed E-state index contributed by atoms with van der Waals surface area (Å²) >= 11 is 0. The summed E-state index contributed by atoms with van der Waals surface area (Å²) in [5.41, 5.74) is 0.699. The third-order valence-corrected chi connectivity index (χ3v) is 3.61. The molecule has 2 amide bonds.